The minimum absolute atomic E-state index is 0.716. The van der Waals surface area contributed by atoms with Crippen molar-refractivity contribution in [3.05, 3.63) is 34.9 Å². The first-order valence-electron chi connectivity index (χ1n) is 3.38. The maximum absolute atomic E-state index is 8.56. The molecule has 1 aromatic rings. The lowest BCUT2D eigenvalue weighted by atomic mass is 10.1. The Morgan fingerprint density at radius 3 is 2.73 bits per heavy atom. The van der Waals surface area contributed by atoms with Crippen molar-refractivity contribution < 1.29 is 0 Å². The van der Waals surface area contributed by atoms with Crippen LogP contribution in [0.15, 0.2) is 18.2 Å². The van der Waals surface area contributed by atoms with Crippen molar-refractivity contribution in [3.63, 3.8) is 0 Å². The van der Waals surface area contributed by atoms with Crippen molar-refractivity contribution >= 4 is 12.6 Å². The highest BCUT2D eigenvalue weighted by Gasteiger charge is 1.96. The molecule has 1 rings (SSSR count). The average Bonchev–Trinajstić information content (AvgIpc) is 2.04. The van der Waals surface area contributed by atoms with Gasteiger partial charge in [0.2, 0.25) is 0 Å². The van der Waals surface area contributed by atoms with Crippen molar-refractivity contribution in [3.8, 4) is 6.07 Å². The van der Waals surface area contributed by atoms with Gasteiger partial charge in [-0.1, -0.05) is 6.07 Å². The van der Waals surface area contributed by atoms with Gasteiger partial charge in [0.05, 0.1) is 11.6 Å². The fraction of sp³-hybridized carbons (Fsp3) is 0.222. The molecule has 1 nitrogen and oxygen atoms in total. The Hall–Kier alpha value is -0.940. The van der Waals surface area contributed by atoms with E-state index in [4.69, 9.17) is 5.26 Å². The number of nitriles is 1. The minimum Gasteiger partial charge on any atom is -0.192 e. The predicted octanol–water partition coefficient (Wildman–Crippen LogP) is 2.30. The predicted molar refractivity (Wildman–Crippen MR) is 48.6 cm³/mol. The Bertz CT molecular complexity index is 299. The van der Waals surface area contributed by atoms with E-state index >= 15 is 0 Å². The lowest BCUT2D eigenvalue weighted by Gasteiger charge is -2.00. The molecule has 0 saturated heterocycles. The highest BCUT2D eigenvalue weighted by atomic mass is 32.1. The molecule has 0 aliphatic heterocycles. The number of hydrogen-bond acceptors (Lipinski definition) is 2. The summed E-state index contributed by atoms with van der Waals surface area (Å²) < 4.78 is 0. The summed E-state index contributed by atoms with van der Waals surface area (Å²) in [4.78, 5) is 0. The van der Waals surface area contributed by atoms with Gasteiger partial charge in [0, 0.05) is 5.75 Å². The molecular weight excluding hydrogens is 154 g/mol. The standard InChI is InChI=1S/C9H9NS/c1-7-4-8(5-10)2-3-9(7)6-11/h2-4,11H,6H2,1H3. The third-order valence-electron chi connectivity index (χ3n) is 1.64. The number of benzene rings is 1. The second-order valence-electron chi connectivity index (χ2n) is 2.41. The molecule has 0 fully saturated rings. The second kappa shape index (κ2) is 3.45. The van der Waals surface area contributed by atoms with Crippen molar-refractivity contribution in [2.45, 2.75) is 12.7 Å². The fourth-order valence-electron chi connectivity index (χ4n) is 0.943. The summed E-state index contributed by atoms with van der Waals surface area (Å²) in [6.45, 7) is 1.99. The molecule has 0 aliphatic carbocycles. The number of aryl methyl sites for hydroxylation is 1. The minimum atomic E-state index is 0.716. The number of hydrogen-bond donors (Lipinski definition) is 1. The molecule has 0 atom stereocenters. The Morgan fingerprint density at radius 2 is 2.27 bits per heavy atom. The highest BCUT2D eigenvalue weighted by molar-refractivity contribution is 7.79. The molecule has 0 radical (unpaired) electrons. The van der Waals surface area contributed by atoms with E-state index < -0.39 is 0 Å². The molecule has 0 aliphatic rings. The molecule has 56 valence electrons. The van der Waals surface area contributed by atoms with E-state index in [-0.39, 0.29) is 0 Å². The van der Waals surface area contributed by atoms with Gasteiger partial charge >= 0.3 is 0 Å². The smallest absolute Gasteiger partial charge is 0.0991 e. The van der Waals surface area contributed by atoms with Crippen LogP contribution in [-0.2, 0) is 5.75 Å². The molecule has 0 spiro atoms. The summed E-state index contributed by atoms with van der Waals surface area (Å²) in [6.07, 6.45) is 0. The van der Waals surface area contributed by atoms with Crippen LogP contribution in [-0.4, -0.2) is 0 Å². The van der Waals surface area contributed by atoms with Gasteiger partial charge in [0.1, 0.15) is 0 Å². The third kappa shape index (κ3) is 1.75. The quantitative estimate of drug-likeness (QED) is 0.631. The highest BCUT2D eigenvalue weighted by Crippen LogP contribution is 2.11. The topological polar surface area (TPSA) is 23.8 Å². The van der Waals surface area contributed by atoms with E-state index in [9.17, 15) is 0 Å². The van der Waals surface area contributed by atoms with Crippen molar-refractivity contribution in [2.24, 2.45) is 0 Å². The normalized spacial score (nSPS) is 9.18. The lowest BCUT2D eigenvalue weighted by molar-refractivity contribution is 1.30. The van der Waals surface area contributed by atoms with Crippen LogP contribution in [0.2, 0.25) is 0 Å². The van der Waals surface area contributed by atoms with Gasteiger partial charge in [-0.25, -0.2) is 0 Å². The van der Waals surface area contributed by atoms with Crippen molar-refractivity contribution in [1.82, 2.24) is 0 Å². The summed E-state index contributed by atoms with van der Waals surface area (Å²) in [5, 5.41) is 8.56. The van der Waals surface area contributed by atoms with E-state index in [1.165, 1.54) is 5.56 Å². The molecule has 2 heteroatoms. The average molecular weight is 163 g/mol. The van der Waals surface area contributed by atoms with Gasteiger partial charge in [0.15, 0.2) is 0 Å². The molecule has 0 bridgehead atoms. The Balaban J connectivity index is 3.12. The summed E-state index contributed by atoms with van der Waals surface area (Å²) in [6, 6.07) is 7.74. The summed E-state index contributed by atoms with van der Waals surface area (Å²) in [5.41, 5.74) is 3.04. The molecule has 11 heavy (non-hydrogen) atoms. The van der Waals surface area contributed by atoms with Crippen LogP contribution in [0.4, 0.5) is 0 Å². The zero-order valence-electron chi connectivity index (χ0n) is 6.33. The summed E-state index contributed by atoms with van der Waals surface area (Å²) >= 11 is 4.16. The van der Waals surface area contributed by atoms with E-state index in [2.05, 4.69) is 18.7 Å². The van der Waals surface area contributed by atoms with Crippen LogP contribution in [0.3, 0.4) is 0 Å². The Labute approximate surface area is 72.1 Å². The third-order valence-corrected chi connectivity index (χ3v) is 1.98. The molecule has 0 saturated carbocycles. The molecule has 1 aromatic carbocycles. The molecule has 0 amide bonds. The first-order valence-corrected chi connectivity index (χ1v) is 4.01. The first kappa shape index (κ1) is 8.16. The fourth-order valence-corrected chi connectivity index (χ4v) is 1.30. The number of nitrogens with zero attached hydrogens (tertiary/aromatic N) is 1. The van der Waals surface area contributed by atoms with Gasteiger partial charge in [0.25, 0.3) is 0 Å². The number of rotatable bonds is 1. The molecule has 0 heterocycles. The Kier molecular flexibility index (Phi) is 2.56. The van der Waals surface area contributed by atoms with Gasteiger partial charge in [-0.2, -0.15) is 17.9 Å². The van der Waals surface area contributed by atoms with Crippen LogP contribution in [0, 0.1) is 18.3 Å². The molecular formula is C9H9NS. The largest absolute Gasteiger partial charge is 0.192 e. The SMILES string of the molecule is Cc1cc(C#N)ccc1CS. The Morgan fingerprint density at radius 1 is 1.55 bits per heavy atom. The van der Waals surface area contributed by atoms with E-state index in [0.717, 1.165) is 11.3 Å². The molecule has 0 aromatic heterocycles. The maximum atomic E-state index is 8.56. The van der Waals surface area contributed by atoms with E-state index in [0.29, 0.717) is 5.56 Å². The number of thiol groups is 1. The van der Waals surface area contributed by atoms with E-state index in [1.807, 2.05) is 25.1 Å². The molecule has 0 N–H and O–H groups in total. The second-order valence-corrected chi connectivity index (χ2v) is 2.73. The van der Waals surface area contributed by atoms with E-state index in [1.54, 1.807) is 0 Å². The monoisotopic (exact) mass is 163 g/mol. The summed E-state index contributed by atoms with van der Waals surface area (Å²) in [5.74, 6) is 0.734. The first-order chi connectivity index (χ1) is 5.27. The maximum Gasteiger partial charge on any atom is 0.0991 e. The van der Waals surface area contributed by atoms with Crippen LogP contribution in [0.25, 0.3) is 0 Å². The summed E-state index contributed by atoms with van der Waals surface area (Å²) in [7, 11) is 0. The molecule has 0 unspecified atom stereocenters. The van der Waals surface area contributed by atoms with Gasteiger partial charge < -0.3 is 0 Å². The van der Waals surface area contributed by atoms with Gasteiger partial charge in [-0.05, 0) is 30.2 Å². The van der Waals surface area contributed by atoms with Crippen molar-refractivity contribution in [1.29, 1.82) is 5.26 Å². The lowest BCUT2D eigenvalue weighted by Crippen LogP contribution is -1.85. The van der Waals surface area contributed by atoms with Crippen molar-refractivity contribution in [2.75, 3.05) is 0 Å². The van der Waals surface area contributed by atoms with Crippen LogP contribution in [0.5, 0.6) is 0 Å². The zero-order chi connectivity index (χ0) is 8.27. The van der Waals surface area contributed by atoms with Gasteiger partial charge in [-0.15, -0.1) is 0 Å². The zero-order valence-corrected chi connectivity index (χ0v) is 7.23. The van der Waals surface area contributed by atoms with Crippen LogP contribution < -0.4 is 0 Å². The van der Waals surface area contributed by atoms with Crippen LogP contribution >= 0.6 is 12.6 Å². The van der Waals surface area contributed by atoms with Gasteiger partial charge in [-0.3, -0.25) is 0 Å². The van der Waals surface area contributed by atoms with Crippen LogP contribution in [0.1, 0.15) is 16.7 Å².